The Bertz CT molecular complexity index is 679. The van der Waals surface area contributed by atoms with Crippen LogP contribution in [0.4, 0.5) is 5.95 Å². The number of ether oxygens (including phenoxy) is 2. The highest BCUT2D eigenvalue weighted by molar-refractivity contribution is 7.80. The van der Waals surface area contributed by atoms with E-state index in [4.69, 9.17) is 21.7 Å². The summed E-state index contributed by atoms with van der Waals surface area (Å²) in [6.07, 6.45) is 2.49. The number of benzene rings is 1. The number of nitrogens with one attached hydrogen (secondary N) is 2. The first-order valence-corrected chi connectivity index (χ1v) is 7.58. The quantitative estimate of drug-likeness (QED) is 0.787. The number of aromatic nitrogens is 2. The molecule has 7 heteroatoms. The third kappa shape index (κ3) is 5.07. The maximum Gasteiger partial charge on any atom is 0.229 e. The SMILES string of the molecule is COc1ccc(CCNC(=S)Nc2nccc(C)n2)cc1OC. The minimum atomic E-state index is 0.494. The lowest BCUT2D eigenvalue weighted by molar-refractivity contribution is 0.354. The van der Waals surface area contributed by atoms with Gasteiger partial charge in [0.05, 0.1) is 14.2 Å². The van der Waals surface area contributed by atoms with Gasteiger partial charge in [0, 0.05) is 18.4 Å². The predicted octanol–water partition coefficient (Wildman–Crippen LogP) is 2.33. The van der Waals surface area contributed by atoms with Crippen molar-refractivity contribution in [3.63, 3.8) is 0 Å². The number of hydrogen-bond acceptors (Lipinski definition) is 5. The summed E-state index contributed by atoms with van der Waals surface area (Å²) < 4.78 is 10.5. The van der Waals surface area contributed by atoms with Gasteiger partial charge in [0.25, 0.3) is 0 Å². The van der Waals surface area contributed by atoms with Crippen LogP contribution in [0.5, 0.6) is 11.5 Å². The number of methoxy groups -OCH3 is 2. The van der Waals surface area contributed by atoms with E-state index in [-0.39, 0.29) is 0 Å². The summed E-state index contributed by atoms with van der Waals surface area (Å²) in [6.45, 7) is 2.59. The first-order valence-electron chi connectivity index (χ1n) is 7.18. The molecule has 0 saturated carbocycles. The van der Waals surface area contributed by atoms with E-state index < -0.39 is 0 Å². The molecule has 0 spiro atoms. The molecule has 6 nitrogen and oxygen atoms in total. The van der Waals surface area contributed by atoms with Crippen LogP contribution in [0, 0.1) is 6.92 Å². The van der Waals surface area contributed by atoms with Crippen LogP contribution in [0.1, 0.15) is 11.3 Å². The van der Waals surface area contributed by atoms with E-state index in [1.54, 1.807) is 20.4 Å². The second-order valence-corrected chi connectivity index (χ2v) is 5.25. The fourth-order valence-electron chi connectivity index (χ4n) is 2.01. The molecule has 1 heterocycles. The molecule has 0 saturated heterocycles. The van der Waals surface area contributed by atoms with Crippen LogP contribution >= 0.6 is 12.2 Å². The lowest BCUT2D eigenvalue weighted by Crippen LogP contribution is -2.30. The monoisotopic (exact) mass is 332 g/mol. The largest absolute Gasteiger partial charge is 0.493 e. The number of thiocarbonyl (C=S) groups is 1. The minimum Gasteiger partial charge on any atom is -0.493 e. The van der Waals surface area contributed by atoms with Gasteiger partial charge in [-0.25, -0.2) is 9.97 Å². The molecule has 0 aliphatic heterocycles. The fraction of sp³-hybridized carbons (Fsp3) is 0.312. The van der Waals surface area contributed by atoms with Crippen molar-refractivity contribution in [2.24, 2.45) is 0 Å². The fourth-order valence-corrected chi connectivity index (χ4v) is 2.20. The zero-order chi connectivity index (χ0) is 16.7. The Morgan fingerprint density at radius 2 is 1.96 bits per heavy atom. The summed E-state index contributed by atoms with van der Waals surface area (Å²) in [5, 5.41) is 6.59. The lowest BCUT2D eigenvalue weighted by Gasteiger charge is -2.11. The summed E-state index contributed by atoms with van der Waals surface area (Å²) in [6, 6.07) is 7.69. The molecular weight excluding hydrogens is 312 g/mol. The van der Waals surface area contributed by atoms with Crippen LogP contribution in [0.25, 0.3) is 0 Å². The van der Waals surface area contributed by atoms with E-state index in [0.717, 1.165) is 29.2 Å². The van der Waals surface area contributed by atoms with Gasteiger partial charge in [0.2, 0.25) is 5.95 Å². The summed E-state index contributed by atoms with van der Waals surface area (Å²) >= 11 is 5.24. The molecule has 0 radical (unpaired) electrons. The van der Waals surface area contributed by atoms with Gasteiger partial charge < -0.3 is 20.1 Å². The van der Waals surface area contributed by atoms with E-state index in [1.807, 2.05) is 31.2 Å². The van der Waals surface area contributed by atoms with Crippen molar-refractivity contribution in [3.05, 3.63) is 41.7 Å². The van der Waals surface area contributed by atoms with Crippen molar-refractivity contribution in [1.29, 1.82) is 0 Å². The van der Waals surface area contributed by atoms with Crippen molar-refractivity contribution in [1.82, 2.24) is 15.3 Å². The molecule has 1 aromatic heterocycles. The van der Waals surface area contributed by atoms with Gasteiger partial charge in [-0.2, -0.15) is 0 Å². The molecule has 0 amide bonds. The van der Waals surface area contributed by atoms with Crippen molar-refractivity contribution < 1.29 is 9.47 Å². The zero-order valence-corrected chi connectivity index (χ0v) is 14.2. The summed E-state index contributed by atoms with van der Waals surface area (Å²) in [5.74, 6) is 1.94. The van der Waals surface area contributed by atoms with Crippen LogP contribution in [0.2, 0.25) is 0 Å². The van der Waals surface area contributed by atoms with Gasteiger partial charge >= 0.3 is 0 Å². The summed E-state index contributed by atoms with van der Waals surface area (Å²) in [5.41, 5.74) is 2.01. The molecule has 0 aliphatic carbocycles. The average Bonchev–Trinajstić information content (AvgIpc) is 2.54. The van der Waals surface area contributed by atoms with Gasteiger partial charge in [-0.15, -0.1) is 0 Å². The zero-order valence-electron chi connectivity index (χ0n) is 13.4. The molecule has 0 bridgehead atoms. The molecule has 122 valence electrons. The van der Waals surface area contributed by atoms with Crippen LogP contribution in [0.3, 0.4) is 0 Å². The Hall–Kier alpha value is -2.41. The molecule has 0 unspecified atom stereocenters. The van der Waals surface area contributed by atoms with Gasteiger partial charge in [-0.05, 0) is 49.3 Å². The average molecular weight is 332 g/mol. The van der Waals surface area contributed by atoms with E-state index in [1.165, 1.54) is 0 Å². The summed E-state index contributed by atoms with van der Waals surface area (Å²) in [7, 11) is 3.25. The Balaban J connectivity index is 1.83. The predicted molar refractivity (Wildman–Crippen MR) is 94.2 cm³/mol. The second kappa shape index (κ2) is 8.28. The smallest absolute Gasteiger partial charge is 0.229 e. The first-order chi connectivity index (χ1) is 11.1. The highest BCUT2D eigenvalue weighted by Crippen LogP contribution is 2.27. The number of hydrogen-bond donors (Lipinski definition) is 2. The first kappa shape index (κ1) is 17.0. The van der Waals surface area contributed by atoms with Gasteiger partial charge in [0.15, 0.2) is 16.6 Å². The van der Waals surface area contributed by atoms with Crippen molar-refractivity contribution >= 4 is 23.3 Å². The van der Waals surface area contributed by atoms with Crippen molar-refractivity contribution in [3.8, 4) is 11.5 Å². The standard InChI is InChI=1S/C16H20N4O2S/c1-11-6-8-17-15(19-11)20-16(23)18-9-7-12-4-5-13(21-2)14(10-12)22-3/h4-6,8,10H,7,9H2,1-3H3,(H2,17,18,19,20,23). The Labute approximate surface area is 141 Å². The molecule has 2 rings (SSSR count). The normalized spacial score (nSPS) is 10.0. The molecule has 0 fully saturated rings. The molecule has 2 aromatic rings. The highest BCUT2D eigenvalue weighted by atomic mass is 32.1. The minimum absolute atomic E-state index is 0.494. The van der Waals surface area contributed by atoms with E-state index in [9.17, 15) is 0 Å². The summed E-state index contributed by atoms with van der Waals surface area (Å²) in [4.78, 5) is 8.35. The highest BCUT2D eigenvalue weighted by Gasteiger charge is 2.05. The maximum atomic E-state index is 5.29. The molecule has 2 N–H and O–H groups in total. The van der Waals surface area contributed by atoms with Crippen LogP contribution < -0.4 is 20.1 Å². The third-order valence-corrected chi connectivity index (χ3v) is 3.41. The van der Waals surface area contributed by atoms with Crippen molar-refractivity contribution in [2.45, 2.75) is 13.3 Å². The van der Waals surface area contributed by atoms with Crippen LogP contribution in [-0.4, -0.2) is 35.8 Å². The number of anilines is 1. The maximum absolute atomic E-state index is 5.29. The van der Waals surface area contributed by atoms with Gasteiger partial charge in [0.1, 0.15) is 0 Å². The number of nitrogens with zero attached hydrogens (tertiary/aromatic N) is 2. The van der Waals surface area contributed by atoms with Crippen LogP contribution in [-0.2, 0) is 6.42 Å². The third-order valence-electron chi connectivity index (χ3n) is 3.17. The topological polar surface area (TPSA) is 68.3 Å². The Morgan fingerprint density at radius 3 is 2.65 bits per heavy atom. The number of rotatable bonds is 6. The van der Waals surface area contributed by atoms with Gasteiger partial charge in [-0.3, -0.25) is 0 Å². The lowest BCUT2D eigenvalue weighted by atomic mass is 10.1. The van der Waals surface area contributed by atoms with E-state index in [2.05, 4.69) is 20.6 Å². The molecule has 1 aromatic carbocycles. The Kier molecular flexibility index (Phi) is 6.10. The number of aryl methyl sites for hydroxylation is 1. The molecular formula is C16H20N4O2S. The van der Waals surface area contributed by atoms with E-state index >= 15 is 0 Å². The van der Waals surface area contributed by atoms with Crippen LogP contribution in [0.15, 0.2) is 30.5 Å². The van der Waals surface area contributed by atoms with Gasteiger partial charge in [-0.1, -0.05) is 6.07 Å². The van der Waals surface area contributed by atoms with Crippen molar-refractivity contribution in [2.75, 3.05) is 26.1 Å². The molecule has 0 aliphatic rings. The molecule has 23 heavy (non-hydrogen) atoms. The molecule has 0 atom stereocenters. The second-order valence-electron chi connectivity index (χ2n) is 4.84. The Morgan fingerprint density at radius 1 is 1.17 bits per heavy atom. The van der Waals surface area contributed by atoms with E-state index in [0.29, 0.717) is 17.6 Å².